The van der Waals surface area contributed by atoms with Crippen LogP contribution in [-0.2, 0) is 11.5 Å². The smallest absolute Gasteiger partial charge is 0.175 e. The van der Waals surface area contributed by atoms with Gasteiger partial charge in [-0.25, -0.2) is 0 Å². The molecule has 0 spiro atoms. The third kappa shape index (κ3) is 4.70. The van der Waals surface area contributed by atoms with Crippen molar-refractivity contribution in [2.24, 2.45) is 0 Å². The maximum absolute atomic E-state index is 5.18. The van der Waals surface area contributed by atoms with Crippen LogP contribution in [0.3, 0.4) is 0 Å². The van der Waals surface area contributed by atoms with E-state index in [0.29, 0.717) is 5.75 Å². The minimum Gasteiger partial charge on any atom is -0.497 e. The molecule has 0 bridgehead atoms. The minimum atomic E-state index is 0.625. The molecule has 4 rings (SSSR count). The number of aromatic nitrogens is 6. The minimum absolute atomic E-state index is 0.625. The normalized spacial score (nSPS) is 10.9. The third-order valence-corrected chi connectivity index (χ3v) is 7.03. The summed E-state index contributed by atoms with van der Waals surface area (Å²) >= 11 is 4.85. The molecule has 0 radical (unpaired) electrons. The van der Waals surface area contributed by atoms with E-state index in [9.17, 15) is 0 Å². The third-order valence-electron chi connectivity index (χ3n) is 3.77. The lowest BCUT2D eigenvalue weighted by atomic mass is 10.2. The topological polar surface area (TPSA) is 78.6 Å². The van der Waals surface area contributed by atoms with Gasteiger partial charge in [-0.15, -0.1) is 15.3 Å². The second-order valence-corrected chi connectivity index (χ2v) is 9.02. The van der Waals surface area contributed by atoms with E-state index >= 15 is 0 Å². The summed E-state index contributed by atoms with van der Waals surface area (Å²) < 4.78 is 8.78. The molecule has 7 nitrogen and oxygen atoms in total. The van der Waals surface area contributed by atoms with Crippen molar-refractivity contribution in [3.05, 3.63) is 66.0 Å². The van der Waals surface area contributed by atoms with Gasteiger partial charge in [0.05, 0.1) is 18.6 Å². The predicted octanol–water partition coefficient (Wildman–Crippen LogP) is 4.11. The van der Waals surface area contributed by atoms with E-state index in [-0.39, 0.29) is 0 Å². The van der Waals surface area contributed by atoms with E-state index in [2.05, 4.69) is 37.9 Å². The molecule has 0 saturated carbocycles. The molecule has 0 aliphatic heterocycles. The summed E-state index contributed by atoms with van der Waals surface area (Å²) in [6.07, 6.45) is 0. The van der Waals surface area contributed by atoms with E-state index in [1.54, 1.807) is 46.7 Å². The van der Waals surface area contributed by atoms with Gasteiger partial charge in [0.2, 0.25) is 0 Å². The van der Waals surface area contributed by atoms with Crippen molar-refractivity contribution in [2.45, 2.75) is 20.2 Å². The molecule has 142 valence electrons. The highest BCUT2D eigenvalue weighted by atomic mass is 32.2. The van der Waals surface area contributed by atoms with Crippen LogP contribution in [0.25, 0.3) is 5.69 Å². The van der Waals surface area contributed by atoms with E-state index in [4.69, 9.17) is 4.74 Å². The Morgan fingerprint density at radius 1 is 0.893 bits per heavy atom. The molecule has 10 heteroatoms. The van der Waals surface area contributed by atoms with Crippen LogP contribution >= 0.6 is 34.9 Å². The summed E-state index contributed by atoms with van der Waals surface area (Å²) in [5, 5.41) is 20.5. The van der Waals surface area contributed by atoms with Crippen LogP contribution < -0.4 is 4.74 Å². The average Bonchev–Trinajstić information content (AvgIpc) is 3.41. The van der Waals surface area contributed by atoms with Crippen LogP contribution in [0.15, 0.2) is 63.3 Å². The quantitative estimate of drug-likeness (QED) is 0.388. The average molecular weight is 429 g/mol. The first-order chi connectivity index (χ1) is 13.8. The number of tetrazole rings is 1. The number of nitrogens with zero attached hydrogens (tertiary/aromatic N) is 6. The highest BCUT2D eigenvalue weighted by Crippen LogP contribution is 2.32. The van der Waals surface area contributed by atoms with Crippen molar-refractivity contribution < 1.29 is 4.74 Å². The molecule has 0 fully saturated rings. The second kappa shape index (κ2) is 9.18. The molecular weight excluding hydrogens is 412 g/mol. The molecule has 0 aliphatic carbocycles. The van der Waals surface area contributed by atoms with Crippen LogP contribution in [0.4, 0.5) is 0 Å². The Balaban J connectivity index is 1.33. The number of rotatable bonds is 8. The van der Waals surface area contributed by atoms with E-state index in [1.165, 1.54) is 5.56 Å². The maximum atomic E-state index is 5.18. The standard InChI is InChI=1S/C18H16N6OS3/c1-25-15-9-7-13(8-10-15)11-26-17-20-21-18(28-17)27-12-16-19-22-23-24(16)14-5-3-2-4-6-14/h2-10H,11-12H2,1H3. The van der Waals surface area contributed by atoms with Gasteiger partial charge in [0.1, 0.15) is 5.75 Å². The zero-order chi connectivity index (χ0) is 19.2. The van der Waals surface area contributed by atoms with E-state index < -0.39 is 0 Å². The largest absolute Gasteiger partial charge is 0.497 e. The first kappa shape index (κ1) is 18.9. The van der Waals surface area contributed by atoms with Crippen LogP contribution in [0, 0.1) is 0 Å². The van der Waals surface area contributed by atoms with Crippen molar-refractivity contribution in [1.29, 1.82) is 0 Å². The van der Waals surface area contributed by atoms with E-state index in [1.807, 2.05) is 42.5 Å². The van der Waals surface area contributed by atoms with Gasteiger partial charge in [-0.3, -0.25) is 0 Å². The van der Waals surface area contributed by atoms with Crippen molar-refractivity contribution in [3.63, 3.8) is 0 Å². The summed E-state index contributed by atoms with van der Waals surface area (Å²) in [6.45, 7) is 0. The van der Waals surface area contributed by atoms with Gasteiger partial charge in [-0.05, 0) is 40.3 Å². The second-order valence-electron chi connectivity index (χ2n) is 5.60. The van der Waals surface area contributed by atoms with Gasteiger partial charge >= 0.3 is 0 Å². The van der Waals surface area contributed by atoms with Crippen molar-refractivity contribution in [2.75, 3.05) is 7.11 Å². The highest BCUT2D eigenvalue weighted by molar-refractivity contribution is 8.02. The van der Waals surface area contributed by atoms with Crippen molar-refractivity contribution in [3.8, 4) is 11.4 Å². The number of methoxy groups -OCH3 is 1. The zero-order valence-electron chi connectivity index (χ0n) is 14.9. The summed E-state index contributed by atoms with van der Waals surface area (Å²) in [4.78, 5) is 0. The Morgan fingerprint density at radius 2 is 1.61 bits per heavy atom. The summed E-state index contributed by atoms with van der Waals surface area (Å²) in [6, 6.07) is 17.9. The Kier molecular flexibility index (Phi) is 6.20. The Morgan fingerprint density at radius 3 is 2.32 bits per heavy atom. The monoisotopic (exact) mass is 428 g/mol. The maximum Gasteiger partial charge on any atom is 0.175 e. The van der Waals surface area contributed by atoms with Gasteiger partial charge in [-0.2, -0.15) is 4.68 Å². The summed E-state index contributed by atoms with van der Waals surface area (Å²) in [7, 11) is 1.67. The van der Waals surface area contributed by atoms with Crippen LogP contribution in [0.5, 0.6) is 5.75 Å². The number of ether oxygens (including phenoxy) is 1. The molecule has 0 unspecified atom stereocenters. The Hall–Kier alpha value is -2.43. The number of hydrogen-bond donors (Lipinski definition) is 0. The number of thioether (sulfide) groups is 2. The highest BCUT2D eigenvalue weighted by Gasteiger charge is 2.11. The molecule has 2 heterocycles. The number of benzene rings is 2. The molecule has 28 heavy (non-hydrogen) atoms. The predicted molar refractivity (Wildman–Crippen MR) is 111 cm³/mol. The summed E-state index contributed by atoms with van der Waals surface area (Å²) in [5.41, 5.74) is 2.16. The van der Waals surface area contributed by atoms with Crippen LogP contribution in [0.1, 0.15) is 11.4 Å². The molecule has 0 amide bonds. The fourth-order valence-corrected chi connectivity index (χ4v) is 5.25. The number of para-hydroxylation sites is 1. The Bertz CT molecular complexity index is 1020. The fourth-order valence-electron chi connectivity index (χ4n) is 2.37. The lowest BCUT2D eigenvalue weighted by Crippen LogP contribution is -2.01. The SMILES string of the molecule is COc1ccc(CSc2nnc(SCc3nnnn3-c3ccccc3)s2)cc1. The molecule has 2 aromatic carbocycles. The molecule has 2 aromatic heterocycles. The summed E-state index contributed by atoms with van der Waals surface area (Å²) in [5.74, 6) is 3.11. The molecular formula is C18H16N6OS3. The first-order valence-corrected chi connectivity index (χ1v) is 11.2. The van der Waals surface area contributed by atoms with Gasteiger partial charge in [0, 0.05) is 5.75 Å². The van der Waals surface area contributed by atoms with Gasteiger partial charge in [0.25, 0.3) is 0 Å². The molecule has 0 N–H and O–H groups in total. The van der Waals surface area contributed by atoms with Gasteiger partial charge in [-0.1, -0.05) is 65.2 Å². The number of hydrogen-bond acceptors (Lipinski definition) is 9. The molecule has 0 saturated heterocycles. The van der Waals surface area contributed by atoms with Crippen LogP contribution in [0.2, 0.25) is 0 Å². The van der Waals surface area contributed by atoms with E-state index in [0.717, 1.165) is 31.7 Å². The van der Waals surface area contributed by atoms with Gasteiger partial charge < -0.3 is 4.74 Å². The fraction of sp³-hybridized carbons (Fsp3) is 0.167. The van der Waals surface area contributed by atoms with Crippen LogP contribution in [-0.4, -0.2) is 37.5 Å². The van der Waals surface area contributed by atoms with Crippen molar-refractivity contribution in [1.82, 2.24) is 30.4 Å². The molecule has 0 atom stereocenters. The zero-order valence-corrected chi connectivity index (χ0v) is 17.4. The van der Waals surface area contributed by atoms with Gasteiger partial charge in [0.15, 0.2) is 14.5 Å². The molecule has 4 aromatic rings. The molecule has 0 aliphatic rings. The lowest BCUT2D eigenvalue weighted by Gasteiger charge is -2.02. The first-order valence-electron chi connectivity index (χ1n) is 8.36. The Labute approximate surface area is 174 Å². The van der Waals surface area contributed by atoms with Crippen molar-refractivity contribution >= 4 is 34.9 Å². The lowest BCUT2D eigenvalue weighted by molar-refractivity contribution is 0.414.